The molecule has 3 rings (SSSR count). The fraction of sp³-hybridized carbons (Fsp3) is 0.368. The van der Waals surface area contributed by atoms with Crippen molar-refractivity contribution in [1.29, 1.82) is 0 Å². The lowest BCUT2D eigenvalue weighted by Crippen LogP contribution is -2.50. The van der Waals surface area contributed by atoms with Gasteiger partial charge in [0.15, 0.2) is 0 Å². The van der Waals surface area contributed by atoms with Crippen LogP contribution < -0.4 is 10.6 Å². The molecule has 6 nitrogen and oxygen atoms in total. The normalized spacial score (nSPS) is 16.0. The summed E-state index contributed by atoms with van der Waals surface area (Å²) >= 11 is 3.42. The van der Waals surface area contributed by atoms with Crippen LogP contribution in [-0.4, -0.2) is 31.6 Å². The molecule has 0 unspecified atom stereocenters. The lowest BCUT2D eigenvalue weighted by atomic mass is 9.73. The highest BCUT2D eigenvalue weighted by atomic mass is 79.9. The second-order valence-corrected chi connectivity index (χ2v) is 7.16. The molecule has 0 atom stereocenters. The molecule has 2 N–H and O–H groups in total. The molecule has 7 heteroatoms. The lowest BCUT2D eigenvalue weighted by molar-refractivity contribution is -0.132. The standard InChI is InChI=1S/C19H21BrN2O4/c20-15-5-3-14(4-6-15)19(7-10-25-11-8-19)18(24)22-13-17(23)21-12-16-2-1-9-26-16/h1-6,9H,7-8,10-13H2,(H,21,23)(H,22,24). The van der Waals surface area contributed by atoms with Crippen molar-refractivity contribution >= 4 is 27.7 Å². The third-order valence-electron chi connectivity index (χ3n) is 4.63. The van der Waals surface area contributed by atoms with Crippen molar-refractivity contribution in [2.24, 2.45) is 0 Å². The molecule has 0 bridgehead atoms. The first-order chi connectivity index (χ1) is 12.6. The number of amides is 2. The van der Waals surface area contributed by atoms with Gasteiger partial charge in [0.2, 0.25) is 11.8 Å². The first-order valence-electron chi connectivity index (χ1n) is 8.51. The lowest BCUT2D eigenvalue weighted by Gasteiger charge is -2.36. The van der Waals surface area contributed by atoms with Crippen molar-refractivity contribution in [2.45, 2.75) is 24.8 Å². The highest BCUT2D eigenvalue weighted by molar-refractivity contribution is 9.10. The fourth-order valence-corrected chi connectivity index (χ4v) is 3.39. The molecule has 0 spiro atoms. The minimum Gasteiger partial charge on any atom is -0.467 e. The number of halogens is 1. The average Bonchev–Trinajstić information content (AvgIpc) is 3.19. The quantitative estimate of drug-likeness (QED) is 0.752. The van der Waals surface area contributed by atoms with Gasteiger partial charge in [-0.1, -0.05) is 28.1 Å². The first-order valence-corrected chi connectivity index (χ1v) is 9.31. The van der Waals surface area contributed by atoms with Gasteiger partial charge in [0.25, 0.3) is 0 Å². The first kappa shape index (κ1) is 18.7. The van der Waals surface area contributed by atoms with Crippen LogP contribution in [0.5, 0.6) is 0 Å². The van der Waals surface area contributed by atoms with Crippen molar-refractivity contribution < 1.29 is 18.7 Å². The fourth-order valence-electron chi connectivity index (χ4n) is 3.13. The van der Waals surface area contributed by atoms with Crippen molar-refractivity contribution in [3.8, 4) is 0 Å². The van der Waals surface area contributed by atoms with E-state index >= 15 is 0 Å². The van der Waals surface area contributed by atoms with E-state index < -0.39 is 5.41 Å². The molecule has 1 saturated heterocycles. The van der Waals surface area contributed by atoms with Gasteiger partial charge in [0.1, 0.15) is 5.76 Å². The summed E-state index contributed by atoms with van der Waals surface area (Å²) in [5, 5.41) is 5.51. The van der Waals surface area contributed by atoms with Gasteiger partial charge in [-0.15, -0.1) is 0 Å². The van der Waals surface area contributed by atoms with Gasteiger partial charge in [-0.25, -0.2) is 0 Å². The topological polar surface area (TPSA) is 80.6 Å². The number of nitrogens with one attached hydrogen (secondary N) is 2. The van der Waals surface area contributed by atoms with Crippen LogP contribution in [0.2, 0.25) is 0 Å². The van der Waals surface area contributed by atoms with Crippen molar-refractivity contribution in [1.82, 2.24) is 10.6 Å². The van der Waals surface area contributed by atoms with E-state index in [1.54, 1.807) is 18.4 Å². The van der Waals surface area contributed by atoms with Crippen LogP contribution in [0.4, 0.5) is 0 Å². The Morgan fingerprint density at radius 3 is 2.46 bits per heavy atom. The molecule has 2 amide bonds. The Labute approximate surface area is 160 Å². The van der Waals surface area contributed by atoms with Crippen LogP contribution in [0.1, 0.15) is 24.2 Å². The van der Waals surface area contributed by atoms with Crippen LogP contribution >= 0.6 is 15.9 Å². The van der Waals surface area contributed by atoms with Crippen molar-refractivity contribution in [2.75, 3.05) is 19.8 Å². The van der Waals surface area contributed by atoms with Gasteiger partial charge in [0, 0.05) is 17.7 Å². The monoisotopic (exact) mass is 420 g/mol. The molecule has 1 aliphatic rings. The van der Waals surface area contributed by atoms with Crippen LogP contribution in [0, 0.1) is 0 Å². The molecule has 2 heterocycles. The molecular weight excluding hydrogens is 400 g/mol. The predicted octanol–water partition coefficient (Wildman–Crippen LogP) is 2.52. The zero-order valence-electron chi connectivity index (χ0n) is 14.3. The van der Waals surface area contributed by atoms with E-state index in [1.165, 1.54) is 0 Å². The molecule has 1 aromatic heterocycles. The minimum atomic E-state index is -0.666. The third-order valence-corrected chi connectivity index (χ3v) is 5.16. The predicted molar refractivity (Wildman–Crippen MR) is 99.4 cm³/mol. The van der Waals surface area contributed by atoms with Gasteiger partial charge < -0.3 is 19.8 Å². The summed E-state index contributed by atoms with van der Waals surface area (Å²) in [6.07, 6.45) is 2.74. The Morgan fingerprint density at radius 2 is 1.81 bits per heavy atom. The molecule has 26 heavy (non-hydrogen) atoms. The SMILES string of the molecule is O=C(CNC(=O)C1(c2ccc(Br)cc2)CCOCC1)NCc1ccco1. The second-order valence-electron chi connectivity index (χ2n) is 6.24. The highest BCUT2D eigenvalue weighted by Gasteiger charge is 2.41. The number of hydrogen-bond acceptors (Lipinski definition) is 4. The van der Waals surface area contributed by atoms with E-state index in [0.717, 1.165) is 10.0 Å². The Balaban J connectivity index is 1.62. The van der Waals surface area contributed by atoms with Crippen molar-refractivity contribution in [3.05, 3.63) is 58.5 Å². The maximum Gasteiger partial charge on any atom is 0.239 e. The van der Waals surface area contributed by atoms with E-state index in [1.807, 2.05) is 24.3 Å². The van der Waals surface area contributed by atoms with Gasteiger partial charge in [-0.3, -0.25) is 9.59 Å². The molecule has 0 saturated carbocycles. The molecule has 1 aliphatic heterocycles. The number of rotatable bonds is 6. The number of furan rings is 1. The van der Waals surface area contributed by atoms with Gasteiger partial charge in [-0.05, 0) is 42.7 Å². The van der Waals surface area contributed by atoms with Crippen LogP contribution in [-0.2, 0) is 26.3 Å². The summed E-state index contributed by atoms with van der Waals surface area (Å²) in [5.74, 6) is 0.268. The smallest absolute Gasteiger partial charge is 0.239 e. The summed E-state index contributed by atoms with van der Waals surface area (Å²) in [6, 6.07) is 11.3. The maximum absolute atomic E-state index is 13.0. The van der Waals surface area contributed by atoms with Crippen LogP contribution in [0.15, 0.2) is 51.6 Å². The number of ether oxygens (including phenoxy) is 1. The van der Waals surface area contributed by atoms with Gasteiger partial charge >= 0.3 is 0 Å². The number of benzene rings is 1. The molecule has 0 aliphatic carbocycles. The van der Waals surface area contributed by atoms with E-state index in [2.05, 4.69) is 26.6 Å². The van der Waals surface area contributed by atoms with E-state index in [-0.39, 0.29) is 18.4 Å². The van der Waals surface area contributed by atoms with E-state index in [0.29, 0.717) is 38.4 Å². The van der Waals surface area contributed by atoms with E-state index in [4.69, 9.17) is 9.15 Å². The van der Waals surface area contributed by atoms with Crippen LogP contribution in [0.3, 0.4) is 0 Å². The summed E-state index contributed by atoms with van der Waals surface area (Å²) in [7, 11) is 0. The Bertz CT molecular complexity index is 737. The minimum absolute atomic E-state index is 0.0708. The number of carbonyl (C=O) groups excluding carboxylic acids is 2. The average molecular weight is 421 g/mol. The molecular formula is C19H21BrN2O4. The zero-order chi connectivity index (χ0) is 18.4. The largest absolute Gasteiger partial charge is 0.467 e. The van der Waals surface area contributed by atoms with E-state index in [9.17, 15) is 9.59 Å². The van der Waals surface area contributed by atoms with Crippen molar-refractivity contribution in [3.63, 3.8) is 0 Å². The molecule has 1 aromatic carbocycles. The summed E-state index contributed by atoms with van der Waals surface area (Å²) < 4.78 is 11.6. The highest BCUT2D eigenvalue weighted by Crippen LogP contribution is 2.35. The summed E-state index contributed by atoms with van der Waals surface area (Å²) in [4.78, 5) is 25.0. The van der Waals surface area contributed by atoms with Crippen LogP contribution in [0.25, 0.3) is 0 Å². The molecule has 0 radical (unpaired) electrons. The third kappa shape index (κ3) is 4.34. The van der Waals surface area contributed by atoms with Gasteiger partial charge in [-0.2, -0.15) is 0 Å². The zero-order valence-corrected chi connectivity index (χ0v) is 15.9. The molecule has 2 aromatic rings. The summed E-state index contributed by atoms with van der Waals surface area (Å²) in [5.41, 5.74) is 0.276. The Morgan fingerprint density at radius 1 is 1.08 bits per heavy atom. The second kappa shape index (κ2) is 8.51. The number of hydrogen-bond donors (Lipinski definition) is 2. The number of carbonyl (C=O) groups is 2. The molecule has 1 fully saturated rings. The Hall–Kier alpha value is -2.12. The summed E-state index contributed by atoms with van der Waals surface area (Å²) in [6.45, 7) is 1.27. The Kier molecular flexibility index (Phi) is 6.11. The van der Waals surface area contributed by atoms with Gasteiger partial charge in [0.05, 0.1) is 24.8 Å². The molecule has 138 valence electrons. The maximum atomic E-state index is 13.0.